The molecule has 0 radical (unpaired) electrons. The molecule has 47 heavy (non-hydrogen) atoms. The first-order chi connectivity index (χ1) is 23.0. The Kier molecular flexibility index (Phi) is 10.6. The summed E-state index contributed by atoms with van der Waals surface area (Å²) in [5.74, 6) is -0.0240. The number of nitrogens with two attached hydrogens (primary N) is 1. The predicted octanol–water partition coefficient (Wildman–Crippen LogP) is 4.51. The van der Waals surface area contributed by atoms with Crippen LogP contribution < -0.4 is 16.4 Å². The Labute approximate surface area is 277 Å². The van der Waals surface area contributed by atoms with Gasteiger partial charge in [-0.25, -0.2) is 0 Å². The highest BCUT2D eigenvalue weighted by Crippen LogP contribution is 2.25. The van der Waals surface area contributed by atoms with Crippen LogP contribution in [0.1, 0.15) is 36.8 Å². The van der Waals surface area contributed by atoms with Crippen LogP contribution in [0.2, 0.25) is 0 Å². The topological polar surface area (TPSA) is 108 Å². The minimum atomic E-state index is -0.798. The van der Waals surface area contributed by atoms with E-state index < -0.39 is 12.1 Å². The van der Waals surface area contributed by atoms with Gasteiger partial charge >= 0.3 is 0 Å². The quantitative estimate of drug-likeness (QED) is 0.213. The fraction of sp³-hybridized carbons (Fsp3) is 0.359. The molecule has 0 aromatic heterocycles. The standard InChI is InChI=1S/C39H45N5O3/c40-20-6-11-37(45)43(25-29-18-21-41-22-19-29)27-36-38(46)42-35(24-30-14-17-32-9-4-5-10-34(32)23-30)39(47)44(36)26-28-12-15-33(16-13-28)31-7-2-1-3-8-31/h1-5,7-10,12-17,23,29,35-36,41H,6,11,18-22,24-27,40H2,(H,42,46)/t35-,36-/m0/s1. The number of amides is 3. The molecule has 8 heteroatoms. The number of fused-ring (bicyclic) bond motifs is 1. The van der Waals surface area contributed by atoms with E-state index in [9.17, 15) is 14.4 Å². The minimum absolute atomic E-state index is 0.0142. The van der Waals surface area contributed by atoms with Crippen molar-refractivity contribution >= 4 is 28.5 Å². The van der Waals surface area contributed by atoms with Crippen molar-refractivity contribution in [1.82, 2.24) is 20.4 Å². The average molecular weight is 632 g/mol. The normalized spacial score (nSPS) is 18.7. The van der Waals surface area contributed by atoms with Crippen LogP contribution in [0.25, 0.3) is 21.9 Å². The number of carbonyl (C=O) groups is 3. The van der Waals surface area contributed by atoms with Crippen molar-refractivity contribution in [3.8, 4) is 11.1 Å². The van der Waals surface area contributed by atoms with Crippen LogP contribution in [0.5, 0.6) is 0 Å². The summed E-state index contributed by atoms with van der Waals surface area (Å²) < 4.78 is 0. The number of hydrogen-bond donors (Lipinski definition) is 3. The highest BCUT2D eigenvalue weighted by molar-refractivity contribution is 5.97. The van der Waals surface area contributed by atoms with E-state index in [0.29, 0.717) is 38.3 Å². The molecule has 4 aromatic rings. The molecule has 0 unspecified atom stereocenters. The van der Waals surface area contributed by atoms with Crippen molar-refractivity contribution in [3.05, 3.63) is 108 Å². The molecule has 6 rings (SSSR count). The smallest absolute Gasteiger partial charge is 0.246 e. The molecule has 2 saturated heterocycles. The van der Waals surface area contributed by atoms with E-state index in [1.54, 1.807) is 4.90 Å². The Morgan fingerprint density at radius 2 is 1.49 bits per heavy atom. The molecule has 2 atom stereocenters. The van der Waals surface area contributed by atoms with Crippen molar-refractivity contribution < 1.29 is 14.4 Å². The van der Waals surface area contributed by atoms with Gasteiger partial charge in [0.25, 0.3) is 0 Å². The van der Waals surface area contributed by atoms with Gasteiger partial charge in [0.2, 0.25) is 17.7 Å². The van der Waals surface area contributed by atoms with Crippen molar-refractivity contribution in [2.24, 2.45) is 11.7 Å². The number of nitrogens with zero attached hydrogens (tertiary/aromatic N) is 2. The van der Waals surface area contributed by atoms with Gasteiger partial charge in [0.1, 0.15) is 12.1 Å². The fourth-order valence-corrected chi connectivity index (χ4v) is 6.84. The molecule has 3 amide bonds. The minimum Gasteiger partial charge on any atom is -0.342 e. The first-order valence-corrected chi connectivity index (χ1v) is 16.9. The van der Waals surface area contributed by atoms with Gasteiger partial charge in [-0.1, -0.05) is 97.1 Å². The molecule has 2 heterocycles. The lowest BCUT2D eigenvalue weighted by atomic mass is 9.95. The number of rotatable bonds is 12. The molecule has 0 aliphatic carbocycles. The maximum Gasteiger partial charge on any atom is 0.246 e. The molecular weight excluding hydrogens is 586 g/mol. The van der Waals surface area contributed by atoms with Gasteiger partial charge in [-0.15, -0.1) is 0 Å². The van der Waals surface area contributed by atoms with E-state index in [1.807, 2.05) is 53.4 Å². The lowest BCUT2D eigenvalue weighted by molar-refractivity contribution is -0.152. The maximum absolute atomic E-state index is 14.3. The number of carbonyl (C=O) groups excluding carboxylic acids is 3. The van der Waals surface area contributed by atoms with Crippen molar-refractivity contribution in [3.63, 3.8) is 0 Å². The Morgan fingerprint density at radius 3 is 2.23 bits per heavy atom. The summed E-state index contributed by atoms with van der Waals surface area (Å²) in [6.07, 6.45) is 3.25. The van der Waals surface area contributed by atoms with Gasteiger partial charge in [0.05, 0.1) is 6.54 Å². The third-order valence-corrected chi connectivity index (χ3v) is 9.52. The van der Waals surface area contributed by atoms with Crippen LogP contribution >= 0.6 is 0 Å². The number of hydrogen-bond acceptors (Lipinski definition) is 5. The van der Waals surface area contributed by atoms with Gasteiger partial charge < -0.3 is 26.2 Å². The SMILES string of the molecule is NCCCC(=O)N(CC1CCNCC1)C[C@H]1C(=O)N[C@@H](Cc2ccc3ccccc3c2)C(=O)N1Cc1ccc(-c2ccccc2)cc1. The molecule has 2 fully saturated rings. The maximum atomic E-state index is 14.3. The number of piperidine rings is 1. The summed E-state index contributed by atoms with van der Waals surface area (Å²) >= 11 is 0. The lowest BCUT2D eigenvalue weighted by Gasteiger charge is -2.42. The largest absolute Gasteiger partial charge is 0.342 e. The van der Waals surface area contributed by atoms with Gasteiger partial charge in [-0.05, 0) is 77.8 Å². The van der Waals surface area contributed by atoms with Crippen LogP contribution in [0.4, 0.5) is 0 Å². The molecule has 4 aromatic carbocycles. The van der Waals surface area contributed by atoms with E-state index in [1.165, 1.54) is 0 Å². The van der Waals surface area contributed by atoms with Crippen molar-refractivity contribution in [1.29, 1.82) is 0 Å². The first-order valence-electron chi connectivity index (χ1n) is 16.9. The third kappa shape index (κ3) is 8.07. The number of benzene rings is 4. The van der Waals surface area contributed by atoms with Crippen LogP contribution in [0, 0.1) is 5.92 Å². The second-order valence-electron chi connectivity index (χ2n) is 12.9. The van der Waals surface area contributed by atoms with Gasteiger partial charge in [-0.3, -0.25) is 14.4 Å². The molecular formula is C39H45N5O3. The van der Waals surface area contributed by atoms with E-state index in [4.69, 9.17) is 5.73 Å². The van der Waals surface area contributed by atoms with Crippen LogP contribution in [-0.2, 0) is 27.3 Å². The van der Waals surface area contributed by atoms with Crippen LogP contribution in [0.15, 0.2) is 97.1 Å². The Hall–Kier alpha value is -4.53. The average Bonchev–Trinajstić information content (AvgIpc) is 3.11. The van der Waals surface area contributed by atoms with E-state index >= 15 is 0 Å². The Bertz CT molecular complexity index is 1670. The lowest BCUT2D eigenvalue weighted by Crippen LogP contribution is -2.66. The molecule has 4 N–H and O–H groups in total. The molecule has 2 aliphatic heterocycles. The van der Waals surface area contributed by atoms with Crippen molar-refractivity contribution in [2.75, 3.05) is 32.7 Å². The second kappa shape index (κ2) is 15.4. The summed E-state index contributed by atoms with van der Waals surface area (Å²) in [6, 6.07) is 31.1. The number of piperazine rings is 1. The fourth-order valence-electron chi connectivity index (χ4n) is 6.84. The van der Waals surface area contributed by atoms with Crippen molar-refractivity contribution in [2.45, 2.75) is 50.7 Å². The molecule has 0 spiro atoms. The van der Waals surface area contributed by atoms with E-state index in [-0.39, 0.29) is 30.8 Å². The highest BCUT2D eigenvalue weighted by atomic mass is 16.2. The summed E-state index contributed by atoms with van der Waals surface area (Å²) in [6.45, 7) is 3.27. The highest BCUT2D eigenvalue weighted by Gasteiger charge is 2.42. The Morgan fingerprint density at radius 1 is 0.809 bits per heavy atom. The number of nitrogens with one attached hydrogen (secondary N) is 2. The van der Waals surface area contributed by atoms with E-state index in [0.717, 1.165) is 59.0 Å². The van der Waals surface area contributed by atoms with E-state index in [2.05, 4.69) is 59.2 Å². The third-order valence-electron chi connectivity index (χ3n) is 9.52. The molecule has 244 valence electrons. The van der Waals surface area contributed by atoms with Crippen LogP contribution in [0.3, 0.4) is 0 Å². The Balaban J connectivity index is 1.27. The first kappa shape index (κ1) is 32.4. The zero-order chi connectivity index (χ0) is 32.6. The summed E-state index contributed by atoms with van der Waals surface area (Å²) in [5.41, 5.74) is 9.87. The van der Waals surface area contributed by atoms with Gasteiger partial charge in [0, 0.05) is 25.9 Å². The molecule has 0 saturated carbocycles. The van der Waals surface area contributed by atoms with Gasteiger partial charge in [-0.2, -0.15) is 0 Å². The summed E-state index contributed by atoms with van der Waals surface area (Å²) in [4.78, 5) is 45.3. The summed E-state index contributed by atoms with van der Waals surface area (Å²) in [7, 11) is 0. The van der Waals surface area contributed by atoms with Crippen LogP contribution in [-0.4, -0.2) is 72.3 Å². The second-order valence-corrected chi connectivity index (χ2v) is 12.9. The molecule has 8 nitrogen and oxygen atoms in total. The zero-order valence-electron chi connectivity index (χ0n) is 26.9. The molecule has 2 aliphatic rings. The predicted molar refractivity (Wildman–Crippen MR) is 186 cm³/mol. The zero-order valence-corrected chi connectivity index (χ0v) is 26.9. The van der Waals surface area contributed by atoms with Gasteiger partial charge in [0.15, 0.2) is 0 Å². The monoisotopic (exact) mass is 631 g/mol. The summed E-state index contributed by atoms with van der Waals surface area (Å²) in [5, 5.41) is 8.67. The molecule has 0 bridgehead atoms.